The molecule has 0 unspecified atom stereocenters. The summed E-state index contributed by atoms with van der Waals surface area (Å²) in [6.07, 6.45) is 7.03. The zero-order valence-corrected chi connectivity index (χ0v) is 5.04. The Morgan fingerprint density at radius 1 is 1.44 bits per heavy atom. The summed E-state index contributed by atoms with van der Waals surface area (Å²) in [5.74, 6) is 0.124. The molecule has 0 aromatic rings. The van der Waals surface area contributed by atoms with Gasteiger partial charge in [0.15, 0.2) is 0 Å². The fourth-order valence-corrected chi connectivity index (χ4v) is 0.696. The number of hydrogen-bond donors (Lipinski definition) is 2. The summed E-state index contributed by atoms with van der Waals surface area (Å²) in [5, 5.41) is 15.7. The average molecular weight is 123 g/mol. The molecule has 1 aliphatic carbocycles. The predicted octanol–water partition coefficient (Wildman–Crippen LogP) is 0.741. The van der Waals surface area contributed by atoms with E-state index in [2.05, 4.69) is 0 Å². The SMILES string of the molecule is N=C1C=CC(CO)C=C1. The van der Waals surface area contributed by atoms with E-state index in [1.54, 1.807) is 12.2 Å². The Morgan fingerprint density at radius 3 is 2.44 bits per heavy atom. The molecule has 0 amide bonds. The average Bonchev–Trinajstić information content (AvgIpc) is 1.90. The molecule has 1 rings (SSSR count). The smallest absolute Gasteiger partial charge is 0.0533 e. The minimum atomic E-state index is 0.124. The van der Waals surface area contributed by atoms with E-state index in [9.17, 15) is 0 Å². The molecule has 0 saturated carbocycles. The Balaban J connectivity index is 2.58. The number of aliphatic hydroxyl groups is 1. The number of rotatable bonds is 1. The molecule has 0 spiro atoms. The van der Waals surface area contributed by atoms with E-state index >= 15 is 0 Å². The van der Waals surface area contributed by atoms with Crippen LogP contribution in [0.4, 0.5) is 0 Å². The molecular formula is C7H9NO. The second-order valence-electron chi connectivity index (χ2n) is 2.02. The highest BCUT2D eigenvalue weighted by Crippen LogP contribution is 2.05. The van der Waals surface area contributed by atoms with Crippen molar-refractivity contribution in [3.8, 4) is 0 Å². The van der Waals surface area contributed by atoms with E-state index in [1.807, 2.05) is 12.2 Å². The molecule has 0 aliphatic heterocycles. The van der Waals surface area contributed by atoms with Crippen LogP contribution in [0.2, 0.25) is 0 Å². The summed E-state index contributed by atoms with van der Waals surface area (Å²) in [7, 11) is 0. The molecule has 0 heterocycles. The van der Waals surface area contributed by atoms with Crippen LogP contribution in [0.25, 0.3) is 0 Å². The summed E-state index contributed by atoms with van der Waals surface area (Å²) in [4.78, 5) is 0. The second-order valence-corrected chi connectivity index (χ2v) is 2.02. The largest absolute Gasteiger partial charge is 0.395 e. The number of nitrogens with one attached hydrogen (secondary N) is 1. The van der Waals surface area contributed by atoms with Gasteiger partial charge < -0.3 is 10.5 Å². The predicted molar refractivity (Wildman–Crippen MR) is 36.6 cm³/mol. The maximum Gasteiger partial charge on any atom is 0.0533 e. The summed E-state index contributed by atoms with van der Waals surface area (Å²) in [5.41, 5.74) is 0.500. The van der Waals surface area contributed by atoms with Gasteiger partial charge in [-0.05, 0) is 12.2 Å². The quantitative estimate of drug-likeness (QED) is 0.530. The first kappa shape index (κ1) is 6.23. The van der Waals surface area contributed by atoms with Crippen LogP contribution < -0.4 is 0 Å². The van der Waals surface area contributed by atoms with Gasteiger partial charge in [0.05, 0.1) is 12.3 Å². The van der Waals surface area contributed by atoms with Gasteiger partial charge in [-0.1, -0.05) is 12.2 Å². The van der Waals surface area contributed by atoms with Crippen molar-refractivity contribution in [2.75, 3.05) is 6.61 Å². The third-order valence-corrected chi connectivity index (χ3v) is 1.26. The van der Waals surface area contributed by atoms with Crippen molar-refractivity contribution in [1.82, 2.24) is 0 Å². The molecule has 2 N–H and O–H groups in total. The first-order valence-electron chi connectivity index (χ1n) is 2.89. The van der Waals surface area contributed by atoms with Crippen molar-refractivity contribution in [3.05, 3.63) is 24.3 Å². The van der Waals surface area contributed by atoms with Crippen molar-refractivity contribution in [3.63, 3.8) is 0 Å². The number of aliphatic hydroxyl groups excluding tert-OH is 1. The van der Waals surface area contributed by atoms with Crippen LogP contribution in [0.5, 0.6) is 0 Å². The van der Waals surface area contributed by atoms with Crippen LogP contribution in [-0.4, -0.2) is 17.4 Å². The van der Waals surface area contributed by atoms with Gasteiger partial charge in [-0.2, -0.15) is 0 Å². The summed E-state index contributed by atoms with van der Waals surface area (Å²) >= 11 is 0. The van der Waals surface area contributed by atoms with Crippen LogP contribution in [0, 0.1) is 11.3 Å². The Kier molecular flexibility index (Phi) is 1.80. The van der Waals surface area contributed by atoms with Crippen LogP contribution in [-0.2, 0) is 0 Å². The van der Waals surface area contributed by atoms with Crippen molar-refractivity contribution < 1.29 is 5.11 Å². The van der Waals surface area contributed by atoms with Crippen LogP contribution in [0.15, 0.2) is 24.3 Å². The highest BCUT2D eigenvalue weighted by atomic mass is 16.3. The summed E-state index contributed by atoms with van der Waals surface area (Å²) < 4.78 is 0. The molecule has 48 valence electrons. The van der Waals surface area contributed by atoms with Crippen LogP contribution in [0.1, 0.15) is 0 Å². The van der Waals surface area contributed by atoms with Crippen LogP contribution >= 0.6 is 0 Å². The fraction of sp³-hybridized carbons (Fsp3) is 0.286. The Bertz CT molecular complexity index is 154. The highest BCUT2D eigenvalue weighted by molar-refractivity contribution is 6.02. The molecule has 2 heteroatoms. The molecule has 9 heavy (non-hydrogen) atoms. The van der Waals surface area contributed by atoms with Gasteiger partial charge in [0.1, 0.15) is 0 Å². The van der Waals surface area contributed by atoms with Crippen molar-refractivity contribution in [1.29, 1.82) is 5.41 Å². The molecule has 0 aromatic heterocycles. The van der Waals surface area contributed by atoms with Gasteiger partial charge in [-0.15, -0.1) is 0 Å². The Hall–Kier alpha value is -0.890. The van der Waals surface area contributed by atoms with Crippen molar-refractivity contribution in [2.45, 2.75) is 0 Å². The van der Waals surface area contributed by atoms with Crippen molar-refractivity contribution in [2.24, 2.45) is 5.92 Å². The van der Waals surface area contributed by atoms with Crippen LogP contribution in [0.3, 0.4) is 0 Å². The fourth-order valence-electron chi connectivity index (χ4n) is 0.696. The summed E-state index contributed by atoms with van der Waals surface area (Å²) in [6, 6.07) is 0. The number of hydrogen-bond acceptors (Lipinski definition) is 2. The molecule has 1 aliphatic rings. The third-order valence-electron chi connectivity index (χ3n) is 1.26. The molecule has 0 bridgehead atoms. The van der Waals surface area contributed by atoms with Gasteiger partial charge >= 0.3 is 0 Å². The first-order chi connectivity index (χ1) is 4.33. The van der Waals surface area contributed by atoms with Gasteiger partial charge in [0.25, 0.3) is 0 Å². The lowest BCUT2D eigenvalue weighted by molar-refractivity contribution is 0.274. The lowest BCUT2D eigenvalue weighted by Gasteiger charge is -2.05. The molecule has 0 saturated heterocycles. The summed E-state index contributed by atoms with van der Waals surface area (Å²) in [6.45, 7) is 0.139. The highest BCUT2D eigenvalue weighted by Gasteiger charge is 2.00. The monoisotopic (exact) mass is 123 g/mol. The molecular weight excluding hydrogens is 114 g/mol. The van der Waals surface area contributed by atoms with Gasteiger partial charge in [0, 0.05) is 5.92 Å². The van der Waals surface area contributed by atoms with E-state index in [4.69, 9.17) is 10.5 Å². The Morgan fingerprint density at radius 2 is 2.00 bits per heavy atom. The molecule has 2 nitrogen and oxygen atoms in total. The second kappa shape index (κ2) is 2.60. The zero-order chi connectivity index (χ0) is 6.69. The number of allylic oxidation sites excluding steroid dienone is 2. The standard InChI is InChI=1S/C7H9NO/c8-7-3-1-6(5-9)2-4-7/h1-4,6,8-9H,5H2. The van der Waals surface area contributed by atoms with Gasteiger partial charge in [-0.3, -0.25) is 0 Å². The minimum absolute atomic E-state index is 0.124. The van der Waals surface area contributed by atoms with E-state index in [0.29, 0.717) is 5.71 Å². The Labute approximate surface area is 54.0 Å². The van der Waals surface area contributed by atoms with Gasteiger partial charge in [-0.25, -0.2) is 0 Å². The van der Waals surface area contributed by atoms with Crippen molar-refractivity contribution >= 4 is 5.71 Å². The lowest BCUT2D eigenvalue weighted by Crippen LogP contribution is -2.03. The third kappa shape index (κ3) is 1.50. The van der Waals surface area contributed by atoms with Gasteiger partial charge in [0.2, 0.25) is 0 Å². The van der Waals surface area contributed by atoms with E-state index in [1.165, 1.54) is 0 Å². The maximum absolute atomic E-state index is 8.60. The van der Waals surface area contributed by atoms with E-state index in [-0.39, 0.29) is 12.5 Å². The normalized spacial score (nSPS) is 25.0. The zero-order valence-electron chi connectivity index (χ0n) is 5.04. The molecule has 0 fully saturated rings. The molecule has 0 radical (unpaired) electrons. The topological polar surface area (TPSA) is 44.1 Å². The lowest BCUT2D eigenvalue weighted by atomic mass is 10.0. The van der Waals surface area contributed by atoms with E-state index in [0.717, 1.165) is 0 Å². The maximum atomic E-state index is 8.60. The molecule has 0 atom stereocenters. The molecule has 0 aromatic carbocycles. The minimum Gasteiger partial charge on any atom is -0.395 e. The first-order valence-corrected chi connectivity index (χ1v) is 2.89. The van der Waals surface area contributed by atoms with E-state index < -0.39 is 0 Å².